The van der Waals surface area contributed by atoms with Gasteiger partial charge in [0.05, 0.1) is 12.1 Å². The van der Waals surface area contributed by atoms with Gasteiger partial charge in [0, 0.05) is 7.05 Å². The van der Waals surface area contributed by atoms with Gasteiger partial charge in [-0.25, -0.2) is 0 Å². The van der Waals surface area contributed by atoms with Gasteiger partial charge in [-0.3, -0.25) is 5.01 Å². The van der Waals surface area contributed by atoms with Crippen molar-refractivity contribution in [3.8, 4) is 0 Å². The molecule has 0 saturated carbocycles. The molecule has 0 rings (SSSR count). The van der Waals surface area contributed by atoms with Crippen LogP contribution in [-0.4, -0.2) is 24.1 Å². The van der Waals surface area contributed by atoms with Gasteiger partial charge in [0.2, 0.25) is 0 Å². The van der Waals surface area contributed by atoms with Crippen molar-refractivity contribution < 1.29 is 0 Å². The fourth-order valence-electron chi connectivity index (χ4n) is 0.882. The summed E-state index contributed by atoms with van der Waals surface area (Å²) in [7, 11) is 1.93. The first kappa shape index (κ1) is 12.9. The molecular weight excluding hydrogens is 174 g/mol. The van der Waals surface area contributed by atoms with Crippen molar-refractivity contribution in [3.05, 3.63) is 24.3 Å². The van der Waals surface area contributed by atoms with Gasteiger partial charge >= 0.3 is 0 Å². The Hall–Kier alpha value is -1.12. The van der Waals surface area contributed by atoms with Crippen molar-refractivity contribution in [3.63, 3.8) is 0 Å². The lowest BCUT2D eigenvalue weighted by Gasteiger charge is -2.21. The number of hydrogen-bond donors (Lipinski definition) is 0. The summed E-state index contributed by atoms with van der Waals surface area (Å²) in [5.74, 6) is 0. The van der Waals surface area contributed by atoms with Crippen LogP contribution >= 0.6 is 0 Å². The maximum atomic E-state index is 4.11. The molecule has 14 heavy (non-hydrogen) atoms. The second kappa shape index (κ2) is 6.35. The van der Waals surface area contributed by atoms with E-state index in [1.165, 1.54) is 5.57 Å². The van der Waals surface area contributed by atoms with Crippen LogP contribution < -0.4 is 0 Å². The Morgan fingerprint density at radius 3 is 2.36 bits per heavy atom. The molecule has 3 nitrogen and oxygen atoms in total. The summed E-state index contributed by atoms with van der Waals surface area (Å²) < 4.78 is 0. The van der Waals surface area contributed by atoms with Crippen LogP contribution in [0.1, 0.15) is 27.7 Å². The highest BCUT2D eigenvalue weighted by molar-refractivity contribution is 5.12. The largest absolute Gasteiger partial charge is 0.275 e. The summed E-state index contributed by atoms with van der Waals surface area (Å²) in [5, 5.41) is 10.1. The molecule has 0 aromatic rings. The minimum Gasteiger partial charge on any atom is -0.275 e. The third kappa shape index (κ3) is 4.80. The van der Waals surface area contributed by atoms with Gasteiger partial charge in [-0.1, -0.05) is 24.0 Å². The lowest BCUT2D eigenvalue weighted by molar-refractivity contribution is 0.274. The minimum atomic E-state index is 0.244. The molecule has 0 aliphatic carbocycles. The van der Waals surface area contributed by atoms with Crippen LogP contribution in [-0.2, 0) is 0 Å². The van der Waals surface area contributed by atoms with Gasteiger partial charge in [-0.05, 0) is 33.3 Å². The second-order valence-electron chi connectivity index (χ2n) is 3.69. The van der Waals surface area contributed by atoms with Gasteiger partial charge in [0.15, 0.2) is 0 Å². The standard InChI is InChI=1S/C11H21N3/c1-7-8-10(4)11(5)14(6)13-12-9(2)3/h7-9,11H,1H2,2-6H3/b10-8-,13-12?/t11-/m1/s1. The van der Waals surface area contributed by atoms with Crippen LogP contribution in [0.5, 0.6) is 0 Å². The van der Waals surface area contributed by atoms with Crippen molar-refractivity contribution in [2.45, 2.75) is 39.8 Å². The molecule has 0 unspecified atom stereocenters. The first-order chi connectivity index (χ1) is 6.49. The molecule has 0 aliphatic heterocycles. The van der Waals surface area contributed by atoms with Crippen molar-refractivity contribution in [2.24, 2.45) is 10.3 Å². The van der Waals surface area contributed by atoms with Crippen molar-refractivity contribution in [1.29, 1.82) is 0 Å². The molecule has 80 valence electrons. The highest BCUT2D eigenvalue weighted by Gasteiger charge is 2.08. The molecule has 0 aromatic carbocycles. The average molecular weight is 195 g/mol. The van der Waals surface area contributed by atoms with Crippen LogP contribution in [0.15, 0.2) is 34.6 Å². The summed E-state index contributed by atoms with van der Waals surface area (Å²) in [6.07, 6.45) is 3.78. The molecule has 0 amide bonds. The monoisotopic (exact) mass is 195 g/mol. The highest BCUT2D eigenvalue weighted by Crippen LogP contribution is 2.09. The molecule has 3 heteroatoms. The summed E-state index contributed by atoms with van der Waals surface area (Å²) in [6.45, 7) is 11.8. The molecule has 1 atom stereocenters. The minimum absolute atomic E-state index is 0.244. The number of hydrogen-bond acceptors (Lipinski definition) is 2. The van der Waals surface area contributed by atoms with E-state index in [9.17, 15) is 0 Å². The Kier molecular flexibility index (Phi) is 5.84. The molecular formula is C11H21N3. The fourth-order valence-corrected chi connectivity index (χ4v) is 0.882. The Labute approximate surface area is 87.2 Å². The summed E-state index contributed by atoms with van der Waals surface area (Å²) in [6, 6.07) is 0.504. The number of nitrogens with zero attached hydrogens (tertiary/aromatic N) is 3. The molecule has 0 saturated heterocycles. The first-order valence-electron chi connectivity index (χ1n) is 4.91. The van der Waals surface area contributed by atoms with Gasteiger partial charge in [-0.2, -0.15) is 5.11 Å². The topological polar surface area (TPSA) is 28.0 Å². The van der Waals surface area contributed by atoms with Crippen LogP contribution in [0, 0.1) is 0 Å². The van der Waals surface area contributed by atoms with E-state index in [-0.39, 0.29) is 12.1 Å². The third-order valence-electron chi connectivity index (χ3n) is 2.02. The average Bonchev–Trinajstić information content (AvgIpc) is 2.13. The van der Waals surface area contributed by atoms with E-state index in [2.05, 4.69) is 30.8 Å². The third-order valence-corrected chi connectivity index (χ3v) is 2.02. The maximum Gasteiger partial charge on any atom is 0.0673 e. The maximum absolute atomic E-state index is 4.11. The highest BCUT2D eigenvalue weighted by atomic mass is 15.5. The van der Waals surface area contributed by atoms with Crippen LogP contribution in [0.4, 0.5) is 0 Å². The van der Waals surface area contributed by atoms with Crippen LogP contribution in [0.3, 0.4) is 0 Å². The zero-order valence-electron chi connectivity index (χ0n) is 9.86. The quantitative estimate of drug-likeness (QED) is 0.376. The number of likely N-dealkylation sites (N-methyl/N-ethyl adjacent to an activating group) is 1. The molecule has 0 radical (unpaired) electrons. The SMILES string of the molecule is C=C/C=C(/C)[C@@H](C)N(C)N=NC(C)C. The van der Waals surface area contributed by atoms with E-state index in [4.69, 9.17) is 0 Å². The molecule has 0 N–H and O–H groups in total. The van der Waals surface area contributed by atoms with E-state index in [1.807, 2.05) is 32.0 Å². The Balaban J connectivity index is 4.31. The normalized spacial score (nSPS) is 14.9. The van der Waals surface area contributed by atoms with Crippen LogP contribution in [0.25, 0.3) is 0 Å². The molecule has 0 fully saturated rings. The Bertz CT molecular complexity index is 229. The zero-order chi connectivity index (χ0) is 11.1. The van der Waals surface area contributed by atoms with Crippen molar-refractivity contribution in [1.82, 2.24) is 5.01 Å². The number of rotatable bonds is 5. The smallest absolute Gasteiger partial charge is 0.0673 e. The molecule has 0 bridgehead atoms. The second-order valence-corrected chi connectivity index (χ2v) is 3.69. The summed E-state index contributed by atoms with van der Waals surface area (Å²) >= 11 is 0. The lowest BCUT2D eigenvalue weighted by Crippen LogP contribution is -2.24. The van der Waals surface area contributed by atoms with Gasteiger partial charge < -0.3 is 0 Å². The van der Waals surface area contributed by atoms with E-state index in [0.717, 1.165) is 0 Å². The Morgan fingerprint density at radius 2 is 1.93 bits per heavy atom. The van der Waals surface area contributed by atoms with Gasteiger partial charge in [0.1, 0.15) is 0 Å². The van der Waals surface area contributed by atoms with E-state index >= 15 is 0 Å². The zero-order valence-corrected chi connectivity index (χ0v) is 9.86. The first-order valence-corrected chi connectivity index (χ1v) is 4.91. The van der Waals surface area contributed by atoms with Crippen molar-refractivity contribution in [2.75, 3.05) is 7.05 Å². The van der Waals surface area contributed by atoms with Gasteiger partial charge in [0.25, 0.3) is 0 Å². The Morgan fingerprint density at radius 1 is 1.36 bits per heavy atom. The van der Waals surface area contributed by atoms with E-state index in [1.54, 1.807) is 6.08 Å². The number of allylic oxidation sites excluding steroid dienone is 2. The lowest BCUT2D eigenvalue weighted by atomic mass is 10.1. The molecule has 0 spiro atoms. The van der Waals surface area contributed by atoms with Crippen LogP contribution in [0.2, 0.25) is 0 Å². The summed E-state index contributed by atoms with van der Waals surface area (Å²) in [5.41, 5.74) is 1.23. The fraction of sp³-hybridized carbons (Fsp3) is 0.636. The predicted octanol–water partition coefficient (Wildman–Crippen LogP) is 3.21. The molecule has 0 aliphatic rings. The predicted molar refractivity (Wildman–Crippen MR) is 61.2 cm³/mol. The molecule has 0 heterocycles. The van der Waals surface area contributed by atoms with Crippen molar-refractivity contribution >= 4 is 0 Å². The van der Waals surface area contributed by atoms with E-state index < -0.39 is 0 Å². The molecule has 0 aromatic heterocycles. The van der Waals surface area contributed by atoms with E-state index in [0.29, 0.717) is 0 Å². The van der Waals surface area contributed by atoms with Gasteiger partial charge in [-0.15, -0.1) is 0 Å². The summed E-state index contributed by atoms with van der Waals surface area (Å²) in [4.78, 5) is 0.